The number of hydrogen-bond donors (Lipinski definition) is 2. The Labute approximate surface area is 101 Å². The van der Waals surface area contributed by atoms with Crippen LogP contribution in [0.5, 0.6) is 0 Å². The molecule has 1 fully saturated rings. The Kier molecular flexibility index (Phi) is 3.78. The van der Waals surface area contributed by atoms with Crippen molar-refractivity contribution >= 4 is 5.91 Å². The molecule has 0 spiro atoms. The van der Waals surface area contributed by atoms with Crippen LogP contribution in [0.3, 0.4) is 0 Å². The van der Waals surface area contributed by atoms with Crippen molar-refractivity contribution in [1.82, 2.24) is 15.6 Å². The van der Waals surface area contributed by atoms with Crippen LogP contribution < -0.4 is 10.6 Å². The van der Waals surface area contributed by atoms with Gasteiger partial charge in [0.2, 0.25) is 5.76 Å². The maximum absolute atomic E-state index is 11.8. The van der Waals surface area contributed by atoms with Crippen LogP contribution in [0.4, 0.5) is 0 Å². The molecule has 1 aliphatic rings. The van der Waals surface area contributed by atoms with Crippen molar-refractivity contribution in [2.24, 2.45) is 0 Å². The molecule has 94 valence electrons. The van der Waals surface area contributed by atoms with Gasteiger partial charge in [-0.25, -0.2) is 4.98 Å². The fourth-order valence-electron chi connectivity index (χ4n) is 2.19. The third-order valence-corrected chi connectivity index (χ3v) is 3.05. The molecule has 2 N–H and O–H groups in total. The van der Waals surface area contributed by atoms with Gasteiger partial charge in [-0.3, -0.25) is 4.79 Å². The standard InChI is InChI=1S/C12H19N3O2/c1-8-11(17-9(2)15-8)12(16)14-7-5-10-4-3-6-13-10/h10,13H,3-7H2,1-2H3,(H,14,16). The summed E-state index contributed by atoms with van der Waals surface area (Å²) in [4.78, 5) is 15.9. The van der Waals surface area contributed by atoms with Crippen LogP contribution in [-0.4, -0.2) is 30.0 Å². The molecule has 1 atom stereocenters. The van der Waals surface area contributed by atoms with Gasteiger partial charge in [-0.1, -0.05) is 0 Å². The topological polar surface area (TPSA) is 67.2 Å². The van der Waals surface area contributed by atoms with Gasteiger partial charge in [0.15, 0.2) is 5.89 Å². The van der Waals surface area contributed by atoms with Crippen molar-refractivity contribution in [2.75, 3.05) is 13.1 Å². The van der Waals surface area contributed by atoms with E-state index < -0.39 is 0 Å². The molecule has 0 aliphatic carbocycles. The zero-order chi connectivity index (χ0) is 12.3. The Morgan fingerprint density at radius 3 is 3.00 bits per heavy atom. The SMILES string of the molecule is Cc1nc(C)c(C(=O)NCCC2CCCN2)o1. The van der Waals surface area contributed by atoms with Crippen LogP contribution in [0.1, 0.15) is 41.4 Å². The number of nitrogens with zero attached hydrogens (tertiary/aromatic N) is 1. The average Bonchev–Trinajstić information content (AvgIpc) is 2.88. The maximum atomic E-state index is 11.8. The predicted molar refractivity (Wildman–Crippen MR) is 64.0 cm³/mol. The van der Waals surface area contributed by atoms with E-state index in [1.165, 1.54) is 12.8 Å². The second kappa shape index (κ2) is 5.31. The van der Waals surface area contributed by atoms with Crippen LogP contribution in [0.15, 0.2) is 4.42 Å². The number of nitrogens with one attached hydrogen (secondary N) is 2. The average molecular weight is 237 g/mol. The highest BCUT2D eigenvalue weighted by molar-refractivity contribution is 5.92. The van der Waals surface area contributed by atoms with E-state index in [0.717, 1.165) is 13.0 Å². The molecule has 0 aromatic carbocycles. The lowest BCUT2D eigenvalue weighted by atomic mass is 10.1. The molecule has 1 amide bonds. The third kappa shape index (κ3) is 3.06. The Morgan fingerprint density at radius 1 is 1.59 bits per heavy atom. The molecule has 1 aromatic rings. The van der Waals surface area contributed by atoms with E-state index in [9.17, 15) is 4.79 Å². The van der Waals surface area contributed by atoms with E-state index in [0.29, 0.717) is 29.9 Å². The minimum absolute atomic E-state index is 0.166. The van der Waals surface area contributed by atoms with Gasteiger partial charge in [-0.05, 0) is 32.7 Å². The Hall–Kier alpha value is -1.36. The fraction of sp³-hybridized carbons (Fsp3) is 0.667. The first kappa shape index (κ1) is 12.1. The molecule has 1 unspecified atom stereocenters. The quantitative estimate of drug-likeness (QED) is 0.824. The van der Waals surface area contributed by atoms with E-state index in [-0.39, 0.29) is 5.91 Å². The molecule has 5 nitrogen and oxygen atoms in total. The van der Waals surface area contributed by atoms with Crippen molar-refractivity contribution in [1.29, 1.82) is 0 Å². The molecule has 1 aromatic heterocycles. The van der Waals surface area contributed by atoms with Crippen LogP contribution in [0, 0.1) is 13.8 Å². The minimum atomic E-state index is -0.166. The summed E-state index contributed by atoms with van der Waals surface area (Å²) in [5.41, 5.74) is 0.652. The summed E-state index contributed by atoms with van der Waals surface area (Å²) in [7, 11) is 0. The molecule has 1 saturated heterocycles. The third-order valence-electron chi connectivity index (χ3n) is 3.05. The van der Waals surface area contributed by atoms with Gasteiger partial charge in [-0.2, -0.15) is 0 Å². The molecule has 5 heteroatoms. The van der Waals surface area contributed by atoms with Gasteiger partial charge in [0.25, 0.3) is 5.91 Å². The number of rotatable bonds is 4. The van der Waals surface area contributed by atoms with Crippen LogP contribution in [0.2, 0.25) is 0 Å². The van der Waals surface area contributed by atoms with E-state index >= 15 is 0 Å². The fourth-order valence-corrected chi connectivity index (χ4v) is 2.19. The summed E-state index contributed by atoms with van der Waals surface area (Å²) in [6.45, 7) is 5.30. The monoisotopic (exact) mass is 237 g/mol. The van der Waals surface area contributed by atoms with E-state index in [4.69, 9.17) is 4.42 Å². The summed E-state index contributed by atoms with van der Waals surface area (Å²) in [6.07, 6.45) is 3.41. The molecule has 2 heterocycles. The van der Waals surface area contributed by atoms with Gasteiger partial charge in [-0.15, -0.1) is 0 Å². The number of carbonyl (C=O) groups excluding carboxylic acids is 1. The molecular formula is C12H19N3O2. The van der Waals surface area contributed by atoms with Gasteiger partial charge < -0.3 is 15.1 Å². The van der Waals surface area contributed by atoms with Crippen molar-refractivity contribution in [3.8, 4) is 0 Å². The summed E-state index contributed by atoms with van der Waals surface area (Å²) in [6, 6.07) is 0.549. The van der Waals surface area contributed by atoms with Crippen LogP contribution in [0.25, 0.3) is 0 Å². The highest BCUT2D eigenvalue weighted by Gasteiger charge is 2.17. The molecular weight excluding hydrogens is 218 g/mol. The lowest BCUT2D eigenvalue weighted by Crippen LogP contribution is -2.30. The number of amides is 1. The summed E-state index contributed by atoms with van der Waals surface area (Å²) < 4.78 is 5.26. The van der Waals surface area contributed by atoms with Crippen molar-refractivity contribution in [3.05, 3.63) is 17.3 Å². The van der Waals surface area contributed by atoms with Crippen molar-refractivity contribution in [2.45, 2.75) is 39.2 Å². The van der Waals surface area contributed by atoms with Crippen LogP contribution >= 0.6 is 0 Å². The number of aromatic nitrogens is 1. The number of carbonyl (C=O) groups is 1. The number of oxazole rings is 1. The Morgan fingerprint density at radius 2 is 2.41 bits per heavy atom. The first-order valence-electron chi connectivity index (χ1n) is 6.12. The zero-order valence-electron chi connectivity index (χ0n) is 10.4. The van der Waals surface area contributed by atoms with Crippen molar-refractivity contribution in [3.63, 3.8) is 0 Å². The van der Waals surface area contributed by atoms with Gasteiger partial charge >= 0.3 is 0 Å². The highest BCUT2D eigenvalue weighted by atomic mass is 16.4. The van der Waals surface area contributed by atoms with Crippen molar-refractivity contribution < 1.29 is 9.21 Å². The lowest BCUT2D eigenvalue weighted by Gasteiger charge is -2.09. The van der Waals surface area contributed by atoms with Gasteiger partial charge in [0.05, 0.1) is 5.69 Å². The molecule has 17 heavy (non-hydrogen) atoms. The van der Waals surface area contributed by atoms with E-state index in [2.05, 4.69) is 15.6 Å². The van der Waals surface area contributed by atoms with Crippen LogP contribution in [-0.2, 0) is 0 Å². The molecule has 0 bridgehead atoms. The molecule has 1 aliphatic heterocycles. The summed E-state index contributed by atoms with van der Waals surface area (Å²) in [5.74, 6) is 0.702. The first-order valence-corrected chi connectivity index (χ1v) is 6.12. The van der Waals surface area contributed by atoms with Gasteiger partial charge in [0.1, 0.15) is 0 Å². The minimum Gasteiger partial charge on any atom is -0.436 e. The summed E-state index contributed by atoms with van der Waals surface area (Å²) >= 11 is 0. The second-order valence-corrected chi connectivity index (χ2v) is 4.49. The Balaban J connectivity index is 1.78. The van der Waals surface area contributed by atoms with E-state index in [1.54, 1.807) is 13.8 Å². The predicted octanol–water partition coefficient (Wildman–Crippen LogP) is 1.16. The number of hydrogen-bond acceptors (Lipinski definition) is 4. The number of aryl methyl sites for hydroxylation is 2. The molecule has 0 radical (unpaired) electrons. The maximum Gasteiger partial charge on any atom is 0.289 e. The second-order valence-electron chi connectivity index (χ2n) is 4.49. The smallest absolute Gasteiger partial charge is 0.289 e. The Bertz CT molecular complexity index is 394. The van der Waals surface area contributed by atoms with E-state index in [1.807, 2.05) is 0 Å². The molecule has 0 saturated carbocycles. The first-order chi connectivity index (χ1) is 8.16. The normalized spacial score (nSPS) is 19.5. The van der Waals surface area contributed by atoms with Gasteiger partial charge in [0, 0.05) is 19.5 Å². The molecule has 2 rings (SSSR count). The largest absolute Gasteiger partial charge is 0.436 e. The summed E-state index contributed by atoms with van der Waals surface area (Å²) in [5, 5.41) is 6.27. The zero-order valence-corrected chi connectivity index (χ0v) is 10.4. The lowest BCUT2D eigenvalue weighted by molar-refractivity contribution is 0.0922. The highest BCUT2D eigenvalue weighted by Crippen LogP contribution is 2.10.